The molecular weight excluding hydrogens is 763 g/mol. The van der Waals surface area contributed by atoms with Gasteiger partial charge in [0.15, 0.2) is 0 Å². The third-order valence-corrected chi connectivity index (χ3v) is 14.8. The van der Waals surface area contributed by atoms with E-state index in [1.165, 1.54) is 11.0 Å². The summed E-state index contributed by atoms with van der Waals surface area (Å²) in [5, 5.41) is 6.03. The van der Waals surface area contributed by atoms with Crippen LogP contribution in [0.25, 0.3) is 10.9 Å². The summed E-state index contributed by atoms with van der Waals surface area (Å²) < 4.78 is 46.9. The van der Waals surface area contributed by atoms with Gasteiger partial charge in [-0.15, -0.1) is 6.58 Å². The van der Waals surface area contributed by atoms with Crippen LogP contribution in [0.1, 0.15) is 96.0 Å². The second-order valence-electron chi connectivity index (χ2n) is 16.9. The van der Waals surface area contributed by atoms with Crippen molar-refractivity contribution < 1.29 is 41.8 Å². The molecule has 14 nitrogen and oxygen atoms in total. The quantitative estimate of drug-likeness (QED) is 0.292. The Balaban J connectivity index is 1.16. The lowest BCUT2D eigenvalue weighted by Crippen LogP contribution is -2.59. The van der Waals surface area contributed by atoms with Gasteiger partial charge >= 0.3 is 6.09 Å². The van der Waals surface area contributed by atoms with Crippen molar-refractivity contribution in [1.82, 2.24) is 25.2 Å². The number of alkyl carbamates (subject to hydrolysis) is 1. The van der Waals surface area contributed by atoms with Crippen molar-refractivity contribution in [3.05, 3.63) is 54.6 Å². The molecule has 2 aromatic rings. The first kappa shape index (κ1) is 40.1. The van der Waals surface area contributed by atoms with E-state index in [0.717, 1.165) is 68.7 Å². The molecule has 4 amide bonds. The lowest BCUT2D eigenvalue weighted by atomic mass is 9.96. The Morgan fingerprint density at radius 1 is 1.03 bits per heavy atom. The molecule has 4 saturated carbocycles. The summed E-state index contributed by atoms with van der Waals surface area (Å²) in [6.45, 7) is 6.16. The van der Waals surface area contributed by atoms with Gasteiger partial charge in [0.1, 0.15) is 35.6 Å². The van der Waals surface area contributed by atoms with Crippen molar-refractivity contribution in [2.75, 3.05) is 13.2 Å². The van der Waals surface area contributed by atoms with Crippen molar-refractivity contribution in [1.29, 1.82) is 0 Å². The number of nitrogens with zero attached hydrogens (tertiary/aromatic N) is 2. The van der Waals surface area contributed by atoms with E-state index in [-0.39, 0.29) is 37.3 Å². The fourth-order valence-corrected chi connectivity index (χ4v) is 11.0. The van der Waals surface area contributed by atoms with Crippen LogP contribution in [0.4, 0.5) is 4.79 Å². The minimum atomic E-state index is -3.90. The highest BCUT2D eigenvalue weighted by atomic mass is 32.2. The highest BCUT2D eigenvalue weighted by molar-refractivity contribution is 7.91. The summed E-state index contributed by atoms with van der Waals surface area (Å²) in [7, 11) is -3.90. The van der Waals surface area contributed by atoms with Gasteiger partial charge < -0.3 is 29.7 Å². The number of hydrogen-bond donors (Lipinski definition) is 3. The number of aromatic nitrogens is 1. The van der Waals surface area contributed by atoms with E-state index in [1.807, 2.05) is 31.2 Å². The standard InChI is InChI=1S/C43H55N5O9S/c1-3-28-24-43(28,41(51)47-58(53,54)30-21-22-30)46-38(49)34-23-29-25-48(34)40(50)36(27-14-8-9-15-27)45-42(52)57-35-20-12-16-26(35)13-6-5-7-18-32-37(55-4-2)31-17-10-11-19-33(31)44-39(32)56-29/h3,5,7,10-11,17,19,26-30,34-36H,1,4,6,8-9,12-16,18,20-25H2,2H3,(H,45,52)(H,46,49)(H,47,51)/b7-5-/t26-,28-,29-,34+,35-,36+,43-/m1/s1. The second kappa shape index (κ2) is 16.5. The molecule has 3 N–H and O–H groups in total. The fourth-order valence-electron chi connectivity index (χ4n) is 9.60. The summed E-state index contributed by atoms with van der Waals surface area (Å²) >= 11 is 0. The van der Waals surface area contributed by atoms with Gasteiger partial charge in [0.25, 0.3) is 5.91 Å². The largest absolute Gasteiger partial charge is 0.493 e. The minimum Gasteiger partial charge on any atom is -0.493 e. The van der Waals surface area contributed by atoms with Crippen molar-refractivity contribution in [2.24, 2.45) is 17.8 Å². The van der Waals surface area contributed by atoms with Gasteiger partial charge in [-0.2, -0.15) is 0 Å². The number of benzene rings is 1. The lowest BCUT2D eigenvalue weighted by molar-refractivity contribution is -0.142. The molecule has 6 aliphatic rings. The Morgan fingerprint density at radius 2 is 1.81 bits per heavy atom. The normalized spacial score (nSPS) is 31.1. The van der Waals surface area contributed by atoms with E-state index in [2.05, 4.69) is 34.1 Å². The Morgan fingerprint density at radius 3 is 2.55 bits per heavy atom. The predicted molar refractivity (Wildman–Crippen MR) is 215 cm³/mol. The molecule has 2 aliphatic heterocycles. The summed E-state index contributed by atoms with van der Waals surface area (Å²) in [4.78, 5) is 63.2. The van der Waals surface area contributed by atoms with E-state index in [1.54, 1.807) is 0 Å². The number of carbonyl (C=O) groups excluding carboxylic acids is 4. The lowest BCUT2D eigenvalue weighted by Gasteiger charge is -2.32. The molecule has 1 saturated heterocycles. The van der Waals surface area contributed by atoms with Crippen LogP contribution in [0.2, 0.25) is 0 Å². The molecule has 2 bridgehead atoms. The SMILES string of the molecule is C=C[C@@H]1C[C@]1(NC(=O)[C@@H]1C[C@@H]2CN1C(=O)[C@H](C1CCCC1)NC(=O)O[C@@H]1CCC[C@H]1CC/C=C\Cc1c(nc3ccccc3c1OCC)O2)C(=O)NS(=O)(=O)C1CC1. The number of allylic oxidation sites excluding steroid dienone is 2. The van der Waals surface area contributed by atoms with Gasteiger partial charge in [-0.05, 0) is 102 Å². The van der Waals surface area contributed by atoms with Crippen molar-refractivity contribution in [3.63, 3.8) is 0 Å². The topological polar surface area (TPSA) is 182 Å². The highest BCUT2D eigenvalue weighted by Crippen LogP contribution is 2.46. The van der Waals surface area contributed by atoms with Gasteiger partial charge in [0.2, 0.25) is 27.7 Å². The smallest absolute Gasteiger partial charge is 0.408 e. The third-order valence-electron chi connectivity index (χ3n) is 13.0. The van der Waals surface area contributed by atoms with E-state index >= 15 is 0 Å². The minimum absolute atomic E-state index is 0.00450. The molecule has 0 radical (unpaired) electrons. The maximum atomic E-state index is 14.9. The maximum absolute atomic E-state index is 14.9. The molecule has 4 aliphatic carbocycles. The molecule has 15 heteroatoms. The number of pyridine rings is 1. The van der Waals surface area contributed by atoms with Crippen LogP contribution in [-0.2, 0) is 35.6 Å². The first-order valence-corrected chi connectivity index (χ1v) is 22.7. The number of hydrogen-bond acceptors (Lipinski definition) is 10. The number of para-hydroxylation sites is 1. The number of nitrogens with one attached hydrogen (secondary N) is 3. The fraction of sp³-hybridized carbons (Fsp3) is 0.605. The van der Waals surface area contributed by atoms with E-state index in [4.69, 9.17) is 19.2 Å². The molecular formula is C43H55N5O9S. The first-order chi connectivity index (χ1) is 28.0. The number of ether oxygens (including phenoxy) is 3. The molecule has 312 valence electrons. The van der Waals surface area contributed by atoms with Gasteiger partial charge in [-0.1, -0.05) is 43.2 Å². The molecule has 58 heavy (non-hydrogen) atoms. The summed E-state index contributed by atoms with van der Waals surface area (Å²) in [6.07, 6.45) is 13.3. The van der Waals surface area contributed by atoms with Crippen molar-refractivity contribution in [3.8, 4) is 11.6 Å². The maximum Gasteiger partial charge on any atom is 0.408 e. The van der Waals surface area contributed by atoms with Gasteiger partial charge in [0, 0.05) is 17.7 Å². The summed E-state index contributed by atoms with van der Waals surface area (Å²) in [5.74, 6) is -1.37. The van der Waals surface area contributed by atoms with Crippen molar-refractivity contribution in [2.45, 2.75) is 132 Å². The number of sulfonamides is 1. The van der Waals surface area contributed by atoms with E-state index in [9.17, 15) is 27.6 Å². The molecule has 5 fully saturated rings. The molecule has 3 heterocycles. The number of amides is 4. The monoisotopic (exact) mass is 817 g/mol. The van der Waals surface area contributed by atoms with E-state index < -0.39 is 68.7 Å². The molecule has 8 rings (SSSR count). The van der Waals surface area contributed by atoms with Crippen LogP contribution >= 0.6 is 0 Å². The van der Waals surface area contributed by atoms with Crippen molar-refractivity contribution >= 4 is 44.7 Å². The average Bonchev–Trinajstić information content (AvgIpc) is 3.99. The van der Waals surface area contributed by atoms with Crippen LogP contribution in [0.5, 0.6) is 11.6 Å². The van der Waals surface area contributed by atoms with Crippen LogP contribution in [0.3, 0.4) is 0 Å². The summed E-state index contributed by atoms with van der Waals surface area (Å²) in [6, 6.07) is 5.61. The Kier molecular flexibility index (Phi) is 11.4. The highest BCUT2D eigenvalue weighted by Gasteiger charge is 2.62. The molecule has 7 atom stereocenters. The van der Waals surface area contributed by atoms with Gasteiger partial charge in [-0.3, -0.25) is 19.1 Å². The molecule has 1 aromatic heterocycles. The molecule has 0 spiro atoms. The van der Waals surface area contributed by atoms with E-state index in [0.29, 0.717) is 43.0 Å². The predicted octanol–water partition coefficient (Wildman–Crippen LogP) is 5.00. The first-order valence-electron chi connectivity index (χ1n) is 21.2. The zero-order valence-corrected chi connectivity index (χ0v) is 34.0. The third kappa shape index (κ3) is 8.15. The number of carbonyl (C=O) groups is 4. The average molecular weight is 818 g/mol. The molecule has 1 aromatic carbocycles. The number of rotatable bonds is 9. The molecule has 0 unspecified atom stereocenters. The van der Waals surface area contributed by atoms with Crippen LogP contribution < -0.4 is 24.8 Å². The van der Waals surface area contributed by atoms with Gasteiger partial charge in [0.05, 0.1) is 29.5 Å². The van der Waals surface area contributed by atoms with Crippen LogP contribution in [0.15, 0.2) is 49.1 Å². The number of fused-ring (bicyclic) bond motifs is 5. The van der Waals surface area contributed by atoms with Crippen LogP contribution in [0, 0.1) is 17.8 Å². The Hall–Kier alpha value is -4.66. The Bertz CT molecular complexity index is 2080. The zero-order valence-electron chi connectivity index (χ0n) is 33.2. The summed E-state index contributed by atoms with van der Waals surface area (Å²) in [5.41, 5.74) is -0.121. The zero-order chi connectivity index (χ0) is 40.6. The Labute approximate surface area is 339 Å². The van der Waals surface area contributed by atoms with Gasteiger partial charge in [-0.25, -0.2) is 18.2 Å². The van der Waals surface area contributed by atoms with Crippen LogP contribution in [-0.4, -0.2) is 90.3 Å². The second-order valence-corrected chi connectivity index (χ2v) is 18.9.